The Bertz CT molecular complexity index is 938. The van der Waals surface area contributed by atoms with Crippen molar-refractivity contribution < 1.29 is 14.4 Å². The second-order valence-electron chi connectivity index (χ2n) is 9.44. The zero-order chi connectivity index (χ0) is 21.4. The standard InChI is InChI=1S/C24H27N3O3S/c28-21(19-7-4-8-31-19)25-20(18-5-2-1-3-6-18)22(29)26-27-23(30)24-12-15-9-16(13-24)11-17(10-15)14-24/h1-8,15-17,20H,9-14H2,(H,25,28)(H,26,29)(H,27,30). The fraction of sp³-hybridized carbons (Fsp3) is 0.458. The molecule has 6 rings (SSSR count). The normalized spacial score (nSPS) is 29.2. The summed E-state index contributed by atoms with van der Waals surface area (Å²) >= 11 is 1.32. The van der Waals surface area contributed by atoms with Crippen LogP contribution in [0.1, 0.15) is 59.8 Å². The van der Waals surface area contributed by atoms with Gasteiger partial charge in [-0.15, -0.1) is 11.3 Å². The summed E-state index contributed by atoms with van der Waals surface area (Å²) in [7, 11) is 0. The molecule has 3 amide bonds. The maximum Gasteiger partial charge on any atom is 0.265 e. The number of carbonyl (C=O) groups excluding carboxylic acids is 3. The van der Waals surface area contributed by atoms with Crippen LogP contribution in [0.15, 0.2) is 47.8 Å². The van der Waals surface area contributed by atoms with Crippen molar-refractivity contribution in [1.29, 1.82) is 0 Å². The van der Waals surface area contributed by atoms with Gasteiger partial charge in [-0.1, -0.05) is 36.4 Å². The Balaban J connectivity index is 1.27. The third kappa shape index (κ3) is 3.99. The SMILES string of the molecule is O=C(NC(C(=O)NNC(=O)C12CC3CC(CC(C3)C1)C2)c1ccccc1)c1cccs1. The summed E-state index contributed by atoms with van der Waals surface area (Å²) in [5.41, 5.74) is 5.64. The first-order chi connectivity index (χ1) is 15.0. The van der Waals surface area contributed by atoms with E-state index in [2.05, 4.69) is 16.2 Å². The lowest BCUT2D eigenvalue weighted by Crippen LogP contribution is -2.57. The highest BCUT2D eigenvalue weighted by molar-refractivity contribution is 7.12. The number of hydrogen-bond donors (Lipinski definition) is 3. The molecule has 6 nitrogen and oxygen atoms in total. The molecule has 3 N–H and O–H groups in total. The van der Waals surface area contributed by atoms with E-state index in [9.17, 15) is 14.4 Å². The van der Waals surface area contributed by atoms with E-state index in [1.165, 1.54) is 30.6 Å². The van der Waals surface area contributed by atoms with Crippen LogP contribution in [0.5, 0.6) is 0 Å². The van der Waals surface area contributed by atoms with E-state index in [1.54, 1.807) is 24.3 Å². The summed E-state index contributed by atoms with van der Waals surface area (Å²) in [4.78, 5) is 39.3. The lowest BCUT2D eigenvalue weighted by Gasteiger charge is -2.55. The number of thiophene rings is 1. The zero-order valence-corrected chi connectivity index (χ0v) is 18.1. The molecule has 1 unspecified atom stereocenters. The third-order valence-electron chi connectivity index (χ3n) is 7.23. The smallest absolute Gasteiger partial charge is 0.265 e. The summed E-state index contributed by atoms with van der Waals surface area (Å²) in [6, 6.07) is 11.7. The molecule has 7 heteroatoms. The van der Waals surface area contributed by atoms with Gasteiger partial charge in [-0.2, -0.15) is 0 Å². The first kappa shape index (κ1) is 20.2. The topological polar surface area (TPSA) is 87.3 Å². The van der Waals surface area contributed by atoms with Crippen LogP contribution in [-0.4, -0.2) is 17.7 Å². The van der Waals surface area contributed by atoms with Crippen LogP contribution in [0.2, 0.25) is 0 Å². The molecule has 4 aliphatic carbocycles. The first-order valence-corrected chi connectivity index (χ1v) is 11.9. The van der Waals surface area contributed by atoms with Crippen molar-refractivity contribution in [2.24, 2.45) is 23.2 Å². The fourth-order valence-electron chi connectivity index (χ4n) is 6.27. The van der Waals surface area contributed by atoms with Gasteiger partial charge in [0.15, 0.2) is 0 Å². The Morgan fingerprint density at radius 2 is 1.52 bits per heavy atom. The number of hydrazine groups is 1. The molecule has 2 aromatic rings. The first-order valence-electron chi connectivity index (χ1n) is 11.0. The van der Waals surface area contributed by atoms with E-state index in [0.29, 0.717) is 28.2 Å². The van der Waals surface area contributed by atoms with Crippen molar-refractivity contribution in [2.45, 2.75) is 44.6 Å². The summed E-state index contributed by atoms with van der Waals surface area (Å²) < 4.78 is 0. The maximum atomic E-state index is 13.2. The molecule has 4 fully saturated rings. The van der Waals surface area contributed by atoms with Crippen molar-refractivity contribution >= 4 is 29.1 Å². The van der Waals surface area contributed by atoms with Gasteiger partial charge in [0.2, 0.25) is 5.91 Å². The Morgan fingerprint density at radius 1 is 0.871 bits per heavy atom. The van der Waals surface area contributed by atoms with Crippen LogP contribution < -0.4 is 16.2 Å². The molecule has 0 saturated heterocycles. The van der Waals surface area contributed by atoms with E-state index in [0.717, 1.165) is 19.3 Å². The Labute approximate surface area is 185 Å². The molecule has 4 bridgehead atoms. The molecule has 1 heterocycles. The fourth-order valence-corrected chi connectivity index (χ4v) is 6.89. The van der Waals surface area contributed by atoms with Crippen LogP contribution >= 0.6 is 11.3 Å². The van der Waals surface area contributed by atoms with Gasteiger partial charge in [-0.05, 0) is 73.3 Å². The van der Waals surface area contributed by atoms with Crippen molar-refractivity contribution in [3.8, 4) is 0 Å². The molecular weight excluding hydrogens is 410 g/mol. The lowest BCUT2D eigenvalue weighted by molar-refractivity contribution is -0.149. The minimum Gasteiger partial charge on any atom is -0.336 e. The summed E-state index contributed by atoms with van der Waals surface area (Å²) in [5, 5.41) is 4.62. The average molecular weight is 438 g/mol. The number of carbonyl (C=O) groups is 3. The molecule has 4 saturated carbocycles. The minimum absolute atomic E-state index is 0.0728. The van der Waals surface area contributed by atoms with Gasteiger partial charge in [0.25, 0.3) is 11.8 Å². The van der Waals surface area contributed by atoms with Gasteiger partial charge >= 0.3 is 0 Å². The number of rotatable bonds is 5. The molecule has 4 aliphatic rings. The summed E-state index contributed by atoms with van der Waals surface area (Å²) in [6.45, 7) is 0. The molecule has 162 valence electrons. The van der Waals surface area contributed by atoms with E-state index in [4.69, 9.17) is 0 Å². The second-order valence-corrected chi connectivity index (χ2v) is 10.4. The van der Waals surface area contributed by atoms with Crippen LogP contribution in [0, 0.1) is 23.2 Å². The van der Waals surface area contributed by atoms with E-state index in [-0.39, 0.29) is 17.2 Å². The van der Waals surface area contributed by atoms with Gasteiger partial charge in [0, 0.05) is 0 Å². The molecule has 1 atom stereocenters. The average Bonchev–Trinajstić information content (AvgIpc) is 3.30. The van der Waals surface area contributed by atoms with Gasteiger partial charge in [0.1, 0.15) is 6.04 Å². The molecular formula is C24H27N3O3S. The molecule has 1 aromatic carbocycles. The van der Waals surface area contributed by atoms with Crippen LogP contribution in [0.3, 0.4) is 0 Å². The van der Waals surface area contributed by atoms with Crippen molar-refractivity contribution in [1.82, 2.24) is 16.2 Å². The summed E-state index contributed by atoms with van der Waals surface area (Å²) in [5.74, 6) is 1.11. The third-order valence-corrected chi connectivity index (χ3v) is 8.10. The highest BCUT2D eigenvalue weighted by Gasteiger charge is 2.54. The quantitative estimate of drug-likeness (QED) is 0.625. The largest absolute Gasteiger partial charge is 0.336 e. The van der Waals surface area contributed by atoms with Crippen molar-refractivity contribution in [3.05, 3.63) is 58.3 Å². The molecule has 0 spiro atoms. The van der Waals surface area contributed by atoms with E-state index < -0.39 is 11.9 Å². The minimum atomic E-state index is -0.896. The van der Waals surface area contributed by atoms with Crippen LogP contribution in [0.4, 0.5) is 0 Å². The zero-order valence-electron chi connectivity index (χ0n) is 17.3. The Kier molecular flexibility index (Phi) is 5.30. The second kappa shape index (κ2) is 8.11. The predicted molar refractivity (Wildman–Crippen MR) is 118 cm³/mol. The molecule has 31 heavy (non-hydrogen) atoms. The highest BCUT2D eigenvalue weighted by atomic mass is 32.1. The van der Waals surface area contributed by atoms with Crippen molar-refractivity contribution in [2.75, 3.05) is 0 Å². The van der Waals surface area contributed by atoms with Gasteiger partial charge in [-0.25, -0.2) is 0 Å². The Morgan fingerprint density at radius 3 is 2.10 bits per heavy atom. The van der Waals surface area contributed by atoms with Gasteiger partial charge < -0.3 is 5.32 Å². The highest BCUT2D eigenvalue weighted by Crippen LogP contribution is 2.60. The van der Waals surface area contributed by atoms with Gasteiger partial charge in [0.05, 0.1) is 10.3 Å². The predicted octanol–water partition coefficient (Wildman–Crippen LogP) is 3.58. The molecule has 0 aliphatic heterocycles. The van der Waals surface area contributed by atoms with Crippen LogP contribution in [0.25, 0.3) is 0 Å². The number of benzene rings is 1. The number of amides is 3. The monoisotopic (exact) mass is 437 g/mol. The van der Waals surface area contributed by atoms with E-state index in [1.807, 2.05) is 23.6 Å². The maximum absolute atomic E-state index is 13.2. The van der Waals surface area contributed by atoms with Crippen LogP contribution in [-0.2, 0) is 9.59 Å². The molecule has 0 radical (unpaired) electrons. The van der Waals surface area contributed by atoms with Gasteiger partial charge in [-0.3, -0.25) is 25.2 Å². The molecule has 1 aromatic heterocycles. The van der Waals surface area contributed by atoms with E-state index >= 15 is 0 Å². The lowest BCUT2D eigenvalue weighted by atomic mass is 9.49. The number of hydrogen-bond acceptors (Lipinski definition) is 4. The van der Waals surface area contributed by atoms with Crippen molar-refractivity contribution in [3.63, 3.8) is 0 Å². The number of nitrogens with one attached hydrogen (secondary N) is 3. The summed E-state index contributed by atoms with van der Waals surface area (Å²) in [6.07, 6.45) is 6.55. The Hall–Kier alpha value is -2.67.